The van der Waals surface area contributed by atoms with E-state index in [2.05, 4.69) is 40.8 Å². The first-order chi connectivity index (χ1) is 11.9. The number of H-pyrrole nitrogens is 1. The first-order valence-corrected chi connectivity index (χ1v) is 7.56. The molecule has 0 aliphatic carbocycles. The van der Waals surface area contributed by atoms with E-state index in [0.717, 1.165) is 18.1 Å². The first kappa shape index (κ1) is 17.0. The second-order valence-electron chi connectivity index (χ2n) is 5.19. The van der Waals surface area contributed by atoms with Crippen molar-refractivity contribution in [1.29, 1.82) is 0 Å². The maximum atomic E-state index is 14.1. The number of nitrogens with zero attached hydrogens (tertiary/aromatic N) is 5. The molecule has 11 heteroatoms. The third-order valence-electron chi connectivity index (χ3n) is 3.14. The maximum Gasteiger partial charge on any atom is 0.226 e. The van der Waals surface area contributed by atoms with Crippen LogP contribution in [0.25, 0.3) is 0 Å². The number of aryl methyl sites for hydroxylation is 1. The monoisotopic (exact) mass is 366 g/mol. The average molecular weight is 367 g/mol. The second-order valence-corrected chi connectivity index (χ2v) is 5.55. The van der Waals surface area contributed by atoms with Crippen LogP contribution in [-0.4, -0.2) is 30.1 Å². The molecule has 8 nitrogen and oxygen atoms in total. The molecule has 0 radical (unpaired) electrons. The largest absolute Gasteiger partial charge is 0.344 e. The Morgan fingerprint density at radius 1 is 1.20 bits per heavy atom. The summed E-state index contributed by atoms with van der Waals surface area (Å²) >= 11 is 5.83. The van der Waals surface area contributed by atoms with Gasteiger partial charge in [-0.25, -0.2) is 14.4 Å². The van der Waals surface area contributed by atoms with Gasteiger partial charge in [-0.3, -0.25) is 5.10 Å². The van der Waals surface area contributed by atoms with Gasteiger partial charge in [-0.15, -0.1) is 0 Å². The topological polar surface area (TPSA) is 104 Å². The lowest BCUT2D eigenvalue weighted by Crippen LogP contribution is -2.14. The van der Waals surface area contributed by atoms with E-state index >= 15 is 0 Å². The zero-order chi connectivity index (χ0) is 18.0. The standard InChI is InChI=1S/C14H13ClF2N8/c1-6-3-9(25-24-6)21-13-10(17)11(15)22-14(23-13)20-7(2)12-18-4-8(16)5-19-12/h3-5,7H,1-2H3,(H3,20,21,22,23,24,25)/t7-/m0/s1. The molecule has 0 aliphatic heterocycles. The minimum atomic E-state index is -0.807. The van der Waals surface area contributed by atoms with Crippen molar-refractivity contribution in [3.63, 3.8) is 0 Å². The molecule has 3 aromatic heterocycles. The molecule has 3 aromatic rings. The number of aromatic amines is 1. The van der Waals surface area contributed by atoms with Gasteiger partial charge in [0.05, 0.1) is 18.4 Å². The fraction of sp³-hybridized carbons (Fsp3) is 0.214. The molecule has 0 amide bonds. The number of hydrogen-bond donors (Lipinski definition) is 3. The highest BCUT2D eigenvalue weighted by Crippen LogP contribution is 2.25. The summed E-state index contributed by atoms with van der Waals surface area (Å²) in [7, 11) is 0. The smallest absolute Gasteiger partial charge is 0.226 e. The van der Waals surface area contributed by atoms with E-state index in [4.69, 9.17) is 11.6 Å². The van der Waals surface area contributed by atoms with Gasteiger partial charge in [0.15, 0.2) is 22.6 Å². The predicted molar refractivity (Wildman–Crippen MR) is 87.6 cm³/mol. The average Bonchev–Trinajstić information content (AvgIpc) is 2.97. The van der Waals surface area contributed by atoms with Crippen LogP contribution >= 0.6 is 11.6 Å². The Morgan fingerprint density at radius 3 is 2.56 bits per heavy atom. The van der Waals surface area contributed by atoms with Crippen LogP contribution in [0.1, 0.15) is 24.5 Å². The quantitative estimate of drug-likeness (QED) is 0.596. The van der Waals surface area contributed by atoms with Crippen LogP contribution in [-0.2, 0) is 0 Å². The molecule has 130 valence electrons. The number of anilines is 3. The van der Waals surface area contributed by atoms with Gasteiger partial charge >= 0.3 is 0 Å². The summed E-state index contributed by atoms with van der Waals surface area (Å²) in [4.78, 5) is 15.6. The van der Waals surface area contributed by atoms with Crippen LogP contribution in [0.15, 0.2) is 18.5 Å². The van der Waals surface area contributed by atoms with Crippen molar-refractivity contribution in [2.45, 2.75) is 19.9 Å². The fourth-order valence-corrected chi connectivity index (χ4v) is 2.14. The Balaban J connectivity index is 1.82. The van der Waals surface area contributed by atoms with Crippen LogP contribution < -0.4 is 10.6 Å². The highest BCUT2D eigenvalue weighted by molar-refractivity contribution is 6.29. The van der Waals surface area contributed by atoms with Gasteiger partial charge in [0.25, 0.3) is 0 Å². The third kappa shape index (κ3) is 3.97. The van der Waals surface area contributed by atoms with Gasteiger partial charge < -0.3 is 10.6 Å². The zero-order valence-electron chi connectivity index (χ0n) is 13.2. The fourth-order valence-electron chi connectivity index (χ4n) is 1.97. The predicted octanol–water partition coefficient (Wildman–Crippen LogP) is 3.15. The minimum Gasteiger partial charge on any atom is -0.344 e. The number of nitrogens with one attached hydrogen (secondary N) is 3. The van der Waals surface area contributed by atoms with Crippen molar-refractivity contribution < 1.29 is 8.78 Å². The lowest BCUT2D eigenvalue weighted by atomic mass is 10.3. The van der Waals surface area contributed by atoms with Gasteiger partial charge in [-0.1, -0.05) is 11.6 Å². The Hall–Kier alpha value is -2.88. The van der Waals surface area contributed by atoms with Gasteiger partial charge in [0.1, 0.15) is 5.82 Å². The Bertz CT molecular complexity index is 883. The van der Waals surface area contributed by atoms with Gasteiger partial charge in [0, 0.05) is 11.8 Å². The zero-order valence-corrected chi connectivity index (χ0v) is 13.9. The van der Waals surface area contributed by atoms with Crippen LogP contribution in [0.2, 0.25) is 5.15 Å². The lowest BCUT2D eigenvalue weighted by molar-refractivity contribution is 0.603. The maximum absolute atomic E-state index is 14.1. The minimum absolute atomic E-state index is 0.0570. The summed E-state index contributed by atoms with van der Waals surface area (Å²) in [6, 6.07) is 1.22. The second kappa shape index (κ2) is 6.93. The van der Waals surface area contributed by atoms with Crippen molar-refractivity contribution >= 4 is 29.2 Å². The van der Waals surface area contributed by atoms with Crippen LogP contribution in [0, 0.1) is 18.6 Å². The van der Waals surface area contributed by atoms with E-state index in [1.165, 1.54) is 0 Å². The van der Waals surface area contributed by atoms with Crippen LogP contribution in [0.5, 0.6) is 0 Å². The number of rotatable bonds is 5. The molecule has 1 atom stereocenters. The van der Waals surface area contributed by atoms with E-state index in [0.29, 0.717) is 11.6 Å². The Morgan fingerprint density at radius 2 is 1.92 bits per heavy atom. The van der Waals surface area contributed by atoms with Crippen molar-refractivity contribution in [3.8, 4) is 0 Å². The Labute approximate surface area is 146 Å². The Kier molecular flexibility index (Phi) is 4.70. The van der Waals surface area contributed by atoms with E-state index in [9.17, 15) is 8.78 Å². The van der Waals surface area contributed by atoms with Crippen molar-refractivity contribution in [3.05, 3.63) is 46.8 Å². The van der Waals surface area contributed by atoms with Crippen molar-refractivity contribution in [1.82, 2.24) is 30.1 Å². The summed E-state index contributed by atoms with van der Waals surface area (Å²) in [5, 5.41) is 11.9. The number of hydrogen-bond acceptors (Lipinski definition) is 7. The van der Waals surface area contributed by atoms with Crippen LogP contribution in [0.3, 0.4) is 0 Å². The van der Waals surface area contributed by atoms with E-state index in [-0.39, 0.29) is 16.9 Å². The molecule has 3 N–H and O–H groups in total. The van der Waals surface area contributed by atoms with Crippen molar-refractivity contribution in [2.75, 3.05) is 10.6 Å². The van der Waals surface area contributed by atoms with Gasteiger partial charge in [0.2, 0.25) is 11.8 Å². The summed E-state index contributed by atoms with van der Waals surface area (Å²) in [6.07, 6.45) is 2.10. The highest BCUT2D eigenvalue weighted by atomic mass is 35.5. The molecule has 0 aromatic carbocycles. The number of aromatic nitrogens is 6. The van der Waals surface area contributed by atoms with E-state index in [1.54, 1.807) is 19.9 Å². The van der Waals surface area contributed by atoms with E-state index < -0.39 is 17.7 Å². The molecule has 0 saturated carbocycles. The van der Waals surface area contributed by atoms with Crippen molar-refractivity contribution in [2.24, 2.45) is 0 Å². The summed E-state index contributed by atoms with van der Waals surface area (Å²) in [6.45, 7) is 3.52. The molecule has 0 aliphatic rings. The molecule has 3 heterocycles. The number of halogens is 3. The lowest BCUT2D eigenvalue weighted by Gasteiger charge is -2.14. The molecule has 0 fully saturated rings. The SMILES string of the molecule is Cc1cc(Nc2nc(N[C@@H](C)c3ncc(F)cn3)nc(Cl)c2F)n[nH]1. The molecular weight excluding hydrogens is 354 g/mol. The molecule has 0 spiro atoms. The normalized spacial score (nSPS) is 12.0. The van der Waals surface area contributed by atoms with Gasteiger partial charge in [-0.2, -0.15) is 19.5 Å². The van der Waals surface area contributed by atoms with E-state index in [1.807, 2.05) is 0 Å². The molecule has 25 heavy (non-hydrogen) atoms. The first-order valence-electron chi connectivity index (χ1n) is 7.18. The molecular formula is C14H13ClF2N8. The summed E-state index contributed by atoms with van der Waals surface area (Å²) in [5.41, 5.74) is 0.795. The molecule has 0 unspecified atom stereocenters. The molecule has 0 saturated heterocycles. The van der Waals surface area contributed by atoms with Crippen LogP contribution in [0.4, 0.5) is 26.4 Å². The molecule has 3 rings (SSSR count). The highest BCUT2D eigenvalue weighted by Gasteiger charge is 2.17. The third-order valence-corrected chi connectivity index (χ3v) is 3.39. The summed E-state index contributed by atoms with van der Waals surface area (Å²) < 4.78 is 27.0. The van der Waals surface area contributed by atoms with Gasteiger partial charge in [-0.05, 0) is 13.8 Å². The summed E-state index contributed by atoms with van der Waals surface area (Å²) in [5.74, 6) is -0.728. The molecule has 0 bridgehead atoms.